The summed E-state index contributed by atoms with van der Waals surface area (Å²) in [5.41, 5.74) is 0. The number of rotatable bonds is 20. The van der Waals surface area contributed by atoms with E-state index >= 15 is 0 Å². The molecular weight excluding hydrogens is 401 g/mol. The van der Waals surface area contributed by atoms with Crippen molar-refractivity contribution in [2.45, 2.75) is 96.8 Å². The molecule has 0 aliphatic carbocycles. The fraction of sp³-hybridized carbons (Fsp3) is 0.870. The van der Waals surface area contributed by atoms with Crippen molar-refractivity contribution >= 4 is 13.8 Å². The van der Waals surface area contributed by atoms with Crippen LogP contribution in [0, 0.1) is 0 Å². The lowest BCUT2D eigenvalue weighted by atomic mass is 10.1. The molecule has 0 saturated carbocycles. The van der Waals surface area contributed by atoms with Crippen LogP contribution in [0.25, 0.3) is 0 Å². The van der Waals surface area contributed by atoms with Gasteiger partial charge in [-0.25, -0.2) is 4.57 Å². The van der Waals surface area contributed by atoms with Crippen molar-refractivity contribution in [1.29, 1.82) is 0 Å². The molecule has 1 N–H and O–H groups in total. The van der Waals surface area contributed by atoms with Gasteiger partial charge in [0.15, 0.2) is 0 Å². The summed E-state index contributed by atoms with van der Waals surface area (Å²) in [7, 11) is 1.55. The largest absolute Gasteiger partial charge is 0.529 e. The Morgan fingerprint density at radius 3 is 1.90 bits per heavy atom. The Balaban J connectivity index is 3.54. The average molecular weight is 449 g/mol. The van der Waals surface area contributed by atoms with Crippen LogP contribution in [-0.2, 0) is 18.4 Å². The van der Waals surface area contributed by atoms with Crippen LogP contribution in [0.1, 0.15) is 96.8 Å². The van der Waals surface area contributed by atoms with Crippen molar-refractivity contribution in [1.82, 2.24) is 0 Å². The molecule has 0 radical (unpaired) electrons. The van der Waals surface area contributed by atoms with Gasteiger partial charge in [-0.3, -0.25) is 14.2 Å². The standard InChI is InChI=1S/C23H46NO5P/c1-5-6-7-8-9-10-11-12-13-14-15-16-17-18-19-20-23(25)29-30(26,27)28-22-21-24(2,3)4/h12-13H,5-11,14-22H2,1-4H3/p+1/b13-12-. The molecule has 0 amide bonds. The molecule has 0 fully saturated rings. The van der Waals surface area contributed by atoms with Crippen LogP contribution in [0.15, 0.2) is 12.2 Å². The van der Waals surface area contributed by atoms with Crippen LogP contribution < -0.4 is 0 Å². The lowest BCUT2D eigenvalue weighted by Gasteiger charge is -2.23. The second-order valence-electron chi connectivity index (χ2n) is 9.11. The van der Waals surface area contributed by atoms with Crippen molar-refractivity contribution in [3.05, 3.63) is 12.2 Å². The van der Waals surface area contributed by atoms with Crippen molar-refractivity contribution in [3.63, 3.8) is 0 Å². The topological polar surface area (TPSA) is 72.8 Å². The zero-order valence-electron chi connectivity index (χ0n) is 19.9. The van der Waals surface area contributed by atoms with Crippen molar-refractivity contribution in [3.8, 4) is 0 Å². The highest BCUT2D eigenvalue weighted by molar-refractivity contribution is 7.48. The highest BCUT2D eigenvalue weighted by Gasteiger charge is 2.26. The first-order valence-corrected chi connectivity index (χ1v) is 13.3. The van der Waals surface area contributed by atoms with Gasteiger partial charge in [-0.05, 0) is 32.1 Å². The maximum Gasteiger partial charge on any atom is 0.529 e. The molecular formula is C23H47NO5P+. The van der Waals surface area contributed by atoms with E-state index in [2.05, 4.69) is 23.6 Å². The molecule has 7 heteroatoms. The second kappa shape index (κ2) is 17.9. The quantitative estimate of drug-likeness (QED) is 0.101. The molecule has 1 unspecified atom stereocenters. The molecule has 178 valence electrons. The third-order valence-corrected chi connectivity index (χ3v) is 5.82. The summed E-state index contributed by atoms with van der Waals surface area (Å²) in [6, 6.07) is 0. The molecule has 0 aromatic carbocycles. The Morgan fingerprint density at radius 2 is 1.37 bits per heavy atom. The van der Waals surface area contributed by atoms with Gasteiger partial charge < -0.3 is 9.01 Å². The average Bonchev–Trinajstić information content (AvgIpc) is 2.63. The van der Waals surface area contributed by atoms with Gasteiger partial charge in [-0.2, -0.15) is 0 Å². The lowest BCUT2D eigenvalue weighted by molar-refractivity contribution is -0.870. The molecule has 6 nitrogen and oxygen atoms in total. The number of allylic oxidation sites excluding steroid dienone is 2. The van der Waals surface area contributed by atoms with Crippen molar-refractivity contribution in [2.24, 2.45) is 0 Å². The van der Waals surface area contributed by atoms with Gasteiger partial charge >= 0.3 is 13.8 Å². The molecule has 0 rings (SSSR count). The van der Waals surface area contributed by atoms with Gasteiger partial charge in [0.05, 0.1) is 21.1 Å². The molecule has 0 saturated heterocycles. The Morgan fingerprint density at radius 1 is 0.867 bits per heavy atom. The first kappa shape index (κ1) is 29.3. The number of carbonyl (C=O) groups excluding carboxylic acids is 1. The van der Waals surface area contributed by atoms with E-state index < -0.39 is 13.8 Å². The van der Waals surface area contributed by atoms with Crippen LogP contribution in [0.2, 0.25) is 0 Å². The minimum atomic E-state index is -4.29. The summed E-state index contributed by atoms with van der Waals surface area (Å²) in [4.78, 5) is 21.3. The summed E-state index contributed by atoms with van der Waals surface area (Å²) in [5, 5.41) is 0. The van der Waals surface area contributed by atoms with Crippen LogP contribution in [0.5, 0.6) is 0 Å². The van der Waals surface area contributed by atoms with Gasteiger partial charge in [-0.1, -0.05) is 70.4 Å². The summed E-state index contributed by atoms with van der Waals surface area (Å²) < 4.78 is 21.8. The number of hydrogen-bond acceptors (Lipinski definition) is 4. The van der Waals surface area contributed by atoms with Crippen molar-refractivity contribution < 1.29 is 27.8 Å². The summed E-state index contributed by atoms with van der Waals surface area (Å²) in [5.74, 6) is -0.663. The summed E-state index contributed by atoms with van der Waals surface area (Å²) in [6.07, 6.45) is 20.1. The van der Waals surface area contributed by atoms with E-state index in [1.165, 1.54) is 51.4 Å². The van der Waals surface area contributed by atoms with Gasteiger partial charge in [0.1, 0.15) is 13.2 Å². The smallest absolute Gasteiger partial charge is 0.371 e. The number of phosphoric acid groups is 1. The molecule has 0 aliphatic rings. The van der Waals surface area contributed by atoms with Crippen LogP contribution in [0.3, 0.4) is 0 Å². The Labute approximate surface area is 185 Å². The minimum Gasteiger partial charge on any atom is -0.371 e. The van der Waals surface area contributed by atoms with Gasteiger partial charge in [-0.15, -0.1) is 0 Å². The van der Waals surface area contributed by atoms with Crippen LogP contribution >= 0.6 is 7.82 Å². The predicted molar refractivity (Wildman–Crippen MR) is 124 cm³/mol. The van der Waals surface area contributed by atoms with Gasteiger partial charge in [0, 0.05) is 6.42 Å². The Bertz CT molecular complexity index is 502. The summed E-state index contributed by atoms with van der Waals surface area (Å²) in [6.45, 7) is 2.87. The van der Waals surface area contributed by atoms with Crippen molar-refractivity contribution in [2.75, 3.05) is 34.3 Å². The van der Waals surface area contributed by atoms with E-state index in [4.69, 9.17) is 4.52 Å². The highest BCUT2D eigenvalue weighted by atomic mass is 31.2. The number of nitrogens with zero attached hydrogens (tertiary/aromatic N) is 1. The van der Waals surface area contributed by atoms with Gasteiger partial charge in [0.25, 0.3) is 0 Å². The van der Waals surface area contributed by atoms with E-state index in [1.807, 2.05) is 21.1 Å². The number of carbonyl (C=O) groups is 1. The number of unbranched alkanes of at least 4 members (excludes halogenated alkanes) is 11. The zero-order chi connectivity index (χ0) is 22.7. The SMILES string of the molecule is CCCCCCCC/C=C\CCCCCCCC(=O)OP(=O)(O)OCC[N+](C)(C)C. The van der Waals surface area contributed by atoms with E-state index in [-0.39, 0.29) is 13.0 Å². The molecule has 30 heavy (non-hydrogen) atoms. The monoisotopic (exact) mass is 448 g/mol. The number of likely N-dealkylation sites (N-methyl/N-ethyl adjacent to an activating group) is 1. The second-order valence-corrected chi connectivity index (χ2v) is 10.5. The maximum atomic E-state index is 11.7. The molecule has 0 bridgehead atoms. The fourth-order valence-electron chi connectivity index (χ4n) is 2.97. The molecule has 0 spiro atoms. The first-order chi connectivity index (χ1) is 14.2. The summed E-state index contributed by atoms with van der Waals surface area (Å²) >= 11 is 0. The van der Waals surface area contributed by atoms with Crippen LogP contribution in [-0.4, -0.2) is 49.6 Å². The zero-order valence-corrected chi connectivity index (χ0v) is 20.8. The predicted octanol–water partition coefficient (Wildman–Crippen LogP) is 6.39. The molecule has 0 aliphatic heterocycles. The lowest BCUT2D eigenvalue weighted by Crippen LogP contribution is -2.37. The fourth-order valence-corrected chi connectivity index (χ4v) is 3.68. The molecule has 1 atom stereocenters. The number of quaternary nitrogens is 1. The third-order valence-electron chi connectivity index (χ3n) is 4.88. The minimum absolute atomic E-state index is 0.0674. The number of phosphoric ester groups is 1. The molecule has 0 aromatic heterocycles. The molecule has 0 aromatic rings. The van der Waals surface area contributed by atoms with E-state index in [1.54, 1.807) is 0 Å². The normalized spacial score (nSPS) is 14.2. The Hall–Kier alpha value is -0.680. The Kier molecular flexibility index (Phi) is 17.5. The third kappa shape index (κ3) is 22.0. The maximum absolute atomic E-state index is 11.7. The molecule has 0 heterocycles. The first-order valence-electron chi connectivity index (χ1n) is 11.8. The van der Waals surface area contributed by atoms with E-state index in [9.17, 15) is 14.3 Å². The van der Waals surface area contributed by atoms with E-state index in [0.717, 1.165) is 25.7 Å². The van der Waals surface area contributed by atoms with Crippen LogP contribution in [0.4, 0.5) is 0 Å². The number of hydrogen-bond donors (Lipinski definition) is 1. The van der Waals surface area contributed by atoms with E-state index in [0.29, 0.717) is 17.4 Å². The van der Waals surface area contributed by atoms with Gasteiger partial charge in [0.2, 0.25) is 0 Å². The highest BCUT2D eigenvalue weighted by Crippen LogP contribution is 2.43.